The summed E-state index contributed by atoms with van der Waals surface area (Å²) >= 11 is 1.26. The first-order chi connectivity index (χ1) is 11.2. The molecular weight excluding hydrogens is 312 g/mol. The Morgan fingerprint density at radius 2 is 1.91 bits per heavy atom. The number of aliphatic imine (C=N–C) groups is 1. The van der Waals surface area contributed by atoms with E-state index in [0.29, 0.717) is 21.5 Å². The molecule has 1 heterocycles. The van der Waals surface area contributed by atoms with Crippen molar-refractivity contribution in [2.75, 3.05) is 7.11 Å². The van der Waals surface area contributed by atoms with Crippen LogP contribution in [0, 0.1) is 0 Å². The quantitative estimate of drug-likeness (QED) is 0.849. The van der Waals surface area contributed by atoms with Gasteiger partial charge in [0.05, 0.1) is 17.7 Å². The second-order valence-electron chi connectivity index (χ2n) is 4.74. The molecule has 2 aromatic rings. The average Bonchev–Trinajstić information content (AvgIpc) is 2.90. The van der Waals surface area contributed by atoms with Crippen LogP contribution in [0.2, 0.25) is 0 Å². The first-order valence-electron chi connectivity index (χ1n) is 6.87. The molecule has 2 N–H and O–H groups in total. The summed E-state index contributed by atoms with van der Waals surface area (Å²) in [6.07, 6.45) is 1.78. The van der Waals surface area contributed by atoms with Gasteiger partial charge in [-0.15, -0.1) is 0 Å². The van der Waals surface area contributed by atoms with Crippen LogP contribution in [0.4, 0.5) is 5.69 Å². The van der Waals surface area contributed by atoms with Gasteiger partial charge in [-0.3, -0.25) is 4.79 Å². The molecule has 0 aromatic heterocycles. The van der Waals surface area contributed by atoms with Crippen molar-refractivity contribution >= 4 is 34.6 Å². The number of aromatic hydroxyl groups is 1. The Labute approximate surface area is 137 Å². The molecule has 1 aliphatic rings. The summed E-state index contributed by atoms with van der Waals surface area (Å²) < 4.78 is 5.29. The number of hydrogen-bond acceptors (Lipinski definition) is 5. The molecule has 0 atom stereocenters. The molecular formula is C17H14N2O3S. The summed E-state index contributed by atoms with van der Waals surface area (Å²) in [4.78, 5) is 17.0. The lowest BCUT2D eigenvalue weighted by Gasteiger charge is -2.03. The zero-order valence-corrected chi connectivity index (χ0v) is 13.1. The molecule has 0 aliphatic carbocycles. The third-order valence-electron chi connectivity index (χ3n) is 3.16. The number of thioether (sulfide) groups is 1. The number of phenolic OH excluding ortho intramolecular Hbond substituents is 1. The van der Waals surface area contributed by atoms with Crippen molar-refractivity contribution < 1.29 is 14.6 Å². The third-order valence-corrected chi connectivity index (χ3v) is 4.07. The standard InChI is InChI=1S/C17H14N2O3S/c1-22-14-5-3-2-4-11(14)10-15-16(21)19-17(23-15)18-12-6-8-13(20)9-7-12/h2-10,20H,1H3,(H,18,19,21). The summed E-state index contributed by atoms with van der Waals surface area (Å²) in [5.74, 6) is 0.685. The van der Waals surface area contributed by atoms with Gasteiger partial charge < -0.3 is 15.2 Å². The predicted octanol–water partition coefficient (Wildman–Crippen LogP) is 3.29. The Balaban J connectivity index is 1.85. The van der Waals surface area contributed by atoms with Crippen LogP contribution in [0.3, 0.4) is 0 Å². The lowest BCUT2D eigenvalue weighted by molar-refractivity contribution is -0.115. The summed E-state index contributed by atoms with van der Waals surface area (Å²) in [6, 6.07) is 13.9. The molecule has 2 aromatic carbocycles. The number of nitrogens with one attached hydrogen (secondary N) is 1. The lowest BCUT2D eigenvalue weighted by atomic mass is 10.2. The van der Waals surface area contributed by atoms with Gasteiger partial charge in [0, 0.05) is 5.56 Å². The minimum atomic E-state index is -0.196. The Kier molecular flexibility index (Phi) is 4.34. The van der Waals surface area contributed by atoms with Gasteiger partial charge in [0.1, 0.15) is 11.5 Å². The van der Waals surface area contributed by atoms with E-state index < -0.39 is 0 Å². The number of amidine groups is 1. The molecule has 5 nitrogen and oxygen atoms in total. The van der Waals surface area contributed by atoms with Crippen molar-refractivity contribution in [3.05, 3.63) is 59.0 Å². The maximum Gasteiger partial charge on any atom is 0.264 e. The highest BCUT2D eigenvalue weighted by Crippen LogP contribution is 2.30. The van der Waals surface area contributed by atoms with E-state index in [1.54, 1.807) is 37.5 Å². The van der Waals surface area contributed by atoms with Gasteiger partial charge in [0.15, 0.2) is 5.17 Å². The number of carbonyl (C=O) groups is 1. The van der Waals surface area contributed by atoms with E-state index in [9.17, 15) is 9.90 Å². The van der Waals surface area contributed by atoms with E-state index in [0.717, 1.165) is 5.56 Å². The van der Waals surface area contributed by atoms with Crippen molar-refractivity contribution in [2.45, 2.75) is 0 Å². The Morgan fingerprint density at radius 1 is 1.17 bits per heavy atom. The molecule has 0 spiro atoms. The number of para-hydroxylation sites is 1. The maximum atomic E-state index is 12.1. The molecule has 0 unspecified atom stereocenters. The SMILES string of the molecule is COc1ccccc1C=C1SC(=Nc2ccc(O)cc2)NC1=O. The number of ether oxygens (including phenoxy) is 1. The molecule has 0 bridgehead atoms. The van der Waals surface area contributed by atoms with Gasteiger partial charge in [-0.2, -0.15) is 0 Å². The number of benzene rings is 2. The number of methoxy groups -OCH3 is 1. The number of rotatable bonds is 3. The fourth-order valence-electron chi connectivity index (χ4n) is 2.05. The van der Waals surface area contributed by atoms with Crippen LogP contribution in [-0.4, -0.2) is 23.3 Å². The highest BCUT2D eigenvalue weighted by Gasteiger charge is 2.24. The van der Waals surface area contributed by atoms with Crippen LogP contribution in [0.25, 0.3) is 6.08 Å². The van der Waals surface area contributed by atoms with Gasteiger partial charge in [-0.1, -0.05) is 18.2 Å². The molecule has 1 saturated heterocycles. The van der Waals surface area contributed by atoms with Crippen LogP contribution >= 0.6 is 11.8 Å². The highest BCUT2D eigenvalue weighted by atomic mass is 32.2. The molecule has 1 aliphatic heterocycles. The van der Waals surface area contributed by atoms with Crippen molar-refractivity contribution in [3.63, 3.8) is 0 Å². The third kappa shape index (κ3) is 3.54. The molecule has 3 rings (SSSR count). The summed E-state index contributed by atoms with van der Waals surface area (Å²) in [7, 11) is 1.59. The van der Waals surface area contributed by atoms with E-state index in [1.807, 2.05) is 24.3 Å². The lowest BCUT2D eigenvalue weighted by Crippen LogP contribution is -2.19. The summed E-state index contributed by atoms with van der Waals surface area (Å²) in [6.45, 7) is 0. The maximum absolute atomic E-state index is 12.1. The predicted molar refractivity (Wildman–Crippen MR) is 91.9 cm³/mol. The van der Waals surface area contributed by atoms with Crippen LogP contribution in [0.15, 0.2) is 58.4 Å². The van der Waals surface area contributed by atoms with E-state index in [1.165, 1.54) is 11.8 Å². The molecule has 0 saturated carbocycles. The second-order valence-corrected chi connectivity index (χ2v) is 5.77. The van der Waals surface area contributed by atoms with Crippen molar-refractivity contribution in [3.8, 4) is 11.5 Å². The minimum Gasteiger partial charge on any atom is -0.508 e. The molecule has 1 amide bonds. The molecule has 6 heteroatoms. The summed E-state index contributed by atoms with van der Waals surface area (Å²) in [5, 5.41) is 12.5. The molecule has 1 fully saturated rings. The van der Waals surface area contributed by atoms with Crippen LogP contribution in [0.5, 0.6) is 11.5 Å². The number of amides is 1. The van der Waals surface area contributed by atoms with Gasteiger partial charge in [-0.25, -0.2) is 4.99 Å². The highest BCUT2D eigenvalue weighted by molar-refractivity contribution is 8.18. The Morgan fingerprint density at radius 3 is 2.65 bits per heavy atom. The van der Waals surface area contributed by atoms with Crippen molar-refractivity contribution in [1.29, 1.82) is 0 Å². The van der Waals surface area contributed by atoms with Crippen molar-refractivity contribution in [2.24, 2.45) is 4.99 Å². The first-order valence-corrected chi connectivity index (χ1v) is 7.69. The van der Waals surface area contributed by atoms with E-state index in [2.05, 4.69) is 10.3 Å². The number of nitrogens with zero attached hydrogens (tertiary/aromatic N) is 1. The van der Waals surface area contributed by atoms with E-state index in [-0.39, 0.29) is 11.7 Å². The summed E-state index contributed by atoms with van der Waals surface area (Å²) in [5.41, 5.74) is 1.49. The second kappa shape index (κ2) is 6.58. The normalized spacial score (nSPS) is 17.5. The van der Waals surface area contributed by atoms with Crippen LogP contribution < -0.4 is 10.1 Å². The topological polar surface area (TPSA) is 70.9 Å². The van der Waals surface area contributed by atoms with Crippen LogP contribution in [-0.2, 0) is 4.79 Å². The van der Waals surface area contributed by atoms with E-state index >= 15 is 0 Å². The van der Waals surface area contributed by atoms with E-state index in [4.69, 9.17) is 4.74 Å². The van der Waals surface area contributed by atoms with Gasteiger partial charge >= 0.3 is 0 Å². The zero-order chi connectivity index (χ0) is 16.2. The smallest absolute Gasteiger partial charge is 0.264 e. The fourth-order valence-corrected chi connectivity index (χ4v) is 2.88. The zero-order valence-electron chi connectivity index (χ0n) is 12.3. The minimum absolute atomic E-state index is 0.175. The number of carbonyl (C=O) groups excluding carboxylic acids is 1. The van der Waals surface area contributed by atoms with Gasteiger partial charge in [0.25, 0.3) is 5.91 Å². The average molecular weight is 326 g/mol. The Hall–Kier alpha value is -2.73. The molecule has 116 valence electrons. The first kappa shape index (κ1) is 15.2. The monoisotopic (exact) mass is 326 g/mol. The fraction of sp³-hybridized carbons (Fsp3) is 0.0588. The molecule has 23 heavy (non-hydrogen) atoms. The largest absolute Gasteiger partial charge is 0.508 e. The van der Waals surface area contributed by atoms with Crippen LogP contribution in [0.1, 0.15) is 5.56 Å². The number of hydrogen-bond donors (Lipinski definition) is 2. The number of phenols is 1. The van der Waals surface area contributed by atoms with Gasteiger partial charge in [0.2, 0.25) is 0 Å². The van der Waals surface area contributed by atoms with Gasteiger partial charge in [-0.05, 0) is 48.2 Å². The van der Waals surface area contributed by atoms with Crippen molar-refractivity contribution in [1.82, 2.24) is 5.32 Å². The Bertz CT molecular complexity index is 798. The molecule has 0 radical (unpaired) electrons.